The molecule has 3 nitrogen and oxygen atoms in total. The average molecular weight is 352 g/mol. The van der Waals surface area contributed by atoms with Crippen LogP contribution in [-0.2, 0) is 0 Å². The van der Waals surface area contributed by atoms with Crippen LogP contribution in [0.2, 0.25) is 0 Å². The molecule has 0 aromatic heterocycles. The molecule has 2 fully saturated rings. The van der Waals surface area contributed by atoms with Crippen molar-refractivity contribution < 1.29 is 0 Å². The summed E-state index contributed by atoms with van der Waals surface area (Å²) in [5, 5.41) is 3.54. The molecule has 4 heteroatoms. The fourth-order valence-corrected chi connectivity index (χ4v) is 3.90. The van der Waals surface area contributed by atoms with E-state index in [4.69, 9.17) is 0 Å². The van der Waals surface area contributed by atoms with E-state index in [1.54, 1.807) is 0 Å². The molecule has 0 saturated carbocycles. The third-order valence-corrected chi connectivity index (χ3v) is 5.42. The molecule has 0 aliphatic carbocycles. The van der Waals surface area contributed by atoms with Crippen LogP contribution in [0.25, 0.3) is 0 Å². The van der Waals surface area contributed by atoms with Gasteiger partial charge in [0.15, 0.2) is 0 Å². The van der Waals surface area contributed by atoms with Crippen molar-refractivity contribution in [1.29, 1.82) is 0 Å². The predicted octanol–water partition coefficient (Wildman–Crippen LogP) is 3.42. The number of anilines is 1. The Morgan fingerprint density at radius 1 is 1.19 bits per heavy atom. The van der Waals surface area contributed by atoms with E-state index in [9.17, 15) is 0 Å². The van der Waals surface area contributed by atoms with E-state index in [0.29, 0.717) is 6.04 Å². The summed E-state index contributed by atoms with van der Waals surface area (Å²) in [5.41, 5.74) is 1.21. The van der Waals surface area contributed by atoms with Crippen LogP contribution in [-0.4, -0.2) is 54.6 Å². The summed E-state index contributed by atoms with van der Waals surface area (Å²) in [6.07, 6.45) is 4.21. The lowest BCUT2D eigenvalue weighted by molar-refractivity contribution is 0.0176. The van der Waals surface area contributed by atoms with Gasteiger partial charge in [-0.1, -0.05) is 22.4 Å². The third kappa shape index (κ3) is 3.99. The fourth-order valence-electron chi connectivity index (χ4n) is 3.64. The van der Waals surface area contributed by atoms with E-state index in [1.807, 2.05) is 0 Å². The van der Waals surface area contributed by atoms with Gasteiger partial charge in [-0.25, -0.2) is 0 Å². The second kappa shape index (κ2) is 7.12. The van der Waals surface area contributed by atoms with Crippen molar-refractivity contribution >= 4 is 21.6 Å². The number of nitrogens with one attached hydrogen (secondary N) is 1. The van der Waals surface area contributed by atoms with Crippen molar-refractivity contribution in [3.63, 3.8) is 0 Å². The first-order valence-corrected chi connectivity index (χ1v) is 8.99. The monoisotopic (exact) mass is 351 g/mol. The Morgan fingerprint density at radius 3 is 2.81 bits per heavy atom. The van der Waals surface area contributed by atoms with Crippen molar-refractivity contribution in [3.05, 3.63) is 28.7 Å². The van der Waals surface area contributed by atoms with E-state index in [-0.39, 0.29) is 0 Å². The van der Waals surface area contributed by atoms with Gasteiger partial charge in [0.05, 0.1) is 0 Å². The van der Waals surface area contributed by atoms with Gasteiger partial charge in [-0.05, 0) is 50.6 Å². The highest BCUT2D eigenvalue weighted by molar-refractivity contribution is 9.10. The molecule has 1 N–H and O–H groups in total. The molecule has 0 spiro atoms. The Bertz CT molecular complexity index is 448. The molecule has 2 heterocycles. The highest BCUT2D eigenvalue weighted by Crippen LogP contribution is 2.23. The van der Waals surface area contributed by atoms with Crippen molar-refractivity contribution in [1.82, 2.24) is 9.80 Å². The van der Waals surface area contributed by atoms with Crippen LogP contribution in [0.3, 0.4) is 0 Å². The molecule has 2 saturated heterocycles. The van der Waals surface area contributed by atoms with Gasteiger partial charge >= 0.3 is 0 Å². The molecule has 2 unspecified atom stereocenters. The third-order valence-electron chi connectivity index (χ3n) is 4.89. The summed E-state index contributed by atoms with van der Waals surface area (Å²) in [6, 6.07) is 9.94. The SMILES string of the molecule is CC1CN2CCCCC2CN1CCNc1ccc(Br)cc1. The zero-order valence-electron chi connectivity index (χ0n) is 12.9. The maximum absolute atomic E-state index is 3.54. The average Bonchev–Trinajstić information content (AvgIpc) is 2.50. The van der Waals surface area contributed by atoms with Crippen molar-refractivity contribution in [3.8, 4) is 0 Å². The number of hydrogen-bond donors (Lipinski definition) is 1. The fraction of sp³-hybridized carbons (Fsp3) is 0.647. The lowest BCUT2D eigenvalue weighted by atomic mass is 9.97. The maximum Gasteiger partial charge on any atom is 0.0341 e. The van der Waals surface area contributed by atoms with Gasteiger partial charge in [0.25, 0.3) is 0 Å². The van der Waals surface area contributed by atoms with Crippen molar-refractivity contribution in [2.24, 2.45) is 0 Å². The van der Waals surface area contributed by atoms with Gasteiger partial charge in [0, 0.05) is 48.4 Å². The first-order chi connectivity index (χ1) is 10.2. The van der Waals surface area contributed by atoms with Gasteiger partial charge in [0.2, 0.25) is 0 Å². The number of piperidine rings is 1. The quantitative estimate of drug-likeness (QED) is 0.896. The Hall–Kier alpha value is -0.580. The van der Waals surface area contributed by atoms with Crippen LogP contribution in [0.5, 0.6) is 0 Å². The summed E-state index contributed by atoms with van der Waals surface area (Å²) in [4.78, 5) is 5.38. The van der Waals surface area contributed by atoms with Crippen molar-refractivity contribution in [2.75, 3.05) is 38.0 Å². The molecule has 3 rings (SSSR count). The minimum atomic E-state index is 0.686. The molecule has 116 valence electrons. The number of fused-ring (bicyclic) bond motifs is 1. The van der Waals surface area contributed by atoms with E-state index in [2.05, 4.69) is 62.2 Å². The second-order valence-corrected chi connectivity index (χ2v) is 7.34. The number of benzene rings is 1. The highest BCUT2D eigenvalue weighted by atomic mass is 79.9. The van der Waals surface area contributed by atoms with E-state index in [0.717, 1.165) is 23.6 Å². The molecule has 2 aliphatic heterocycles. The normalized spacial score (nSPS) is 27.3. The number of rotatable bonds is 4. The van der Waals surface area contributed by atoms with Crippen LogP contribution < -0.4 is 5.32 Å². The van der Waals surface area contributed by atoms with Gasteiger partial charge in [-0.15, -0.1) is 0 Å². The van der Waals surface area contributed by atoms with Gasteiger partial charge in [-0.2, -0.15) is 0 Å². The summed E-state index contributed by atoms with van der Waals surface area (Å²) in [6.45, 7) is 8.37. The highest BCUT2D eigenvalue weighted by Gasteiger charge is 2.32. The van der Waals surface area contributed by atoms with Gasteiger partial charge < -0.3 is 5.32 Å². The molecule has 0 amide bonds. The lowest BCUT2D eigenvalue weighted by Crippen LogP contribution is -2.59. The van der Waals surface area contributed by atoms with Crippen LogP contribution in [0, 0.1) is 0 Å². The smallest absolute Gasteiger partial charge is 0.0341 e. The van der Waals surface area contributed by atoms with E-state index >= 15 is 0 Å². The summed E-state index contributed by atoms with van der Waals surface area (Å²) < 4.78 is 1.13. The van der Waals surface area contributed by atoms with Crippen LogP contribution >= 0.6 is 15.9 Å². The Labute approximate surface area is 136 Å². The summed E-state index contributed by atoms with van der Waals surface area (Å²) in [7, 11) is 0. The maximum atomic E-state index is 3.54. The van der Waals surface area contributed by atoms with E-state index < -0.39 is 0 Å². The Balaban J connectivity index is 1.47. The molecular formula is C17H26BrN3. The number of piperazine rings is 1. The van der Waals surface area contributed by atoms with Gasteiger partial charge in [-0.3, -0.25) is 9.80 Å². The molecule has 2 aliphatic rings. The molecule has 0 radical (unpaired) electrons. The van der Waals surface area contributed by atoms with Crippen LogP contribution in [0.15, 0.2) is 28.7 Å². The first kappa shape index (κ1) is 15.3. The molecule has 2 atom stereocenters. The topological polar surface area (TPSA) is 18.5 Å². The molecule has 1 aromatic carbocycles. The first-order valence-electron chi connectivity index (χ1n) is 8.20. The molecular weight excluding hydrogens is 326 g/mol. The Kier molecular flexibility index (Phi) is 5.19. The standard InChI is InChI=1S/C17H26BrN3/c1-14-12-21-10-3-2-4-17(21)13-20(14)11-9-19-16-7-5-15(18)6-8-16/h5-8,14,17,19H,2-4,9-13H2,1H3. The Morgan fingerprint density at radius 2 is 2.00 bits per heavy atom. The number of halogens is 1. The van der Waals surface area contributed by atoms with Gasteiger partial charge in [0.1, 0.15) is 0 Å². The van der Waals surface area contributed by atoms with Crippen molar-refractivity contribution in [2.45, 2.75) is 38.3 Å². The lowest BCUT2D eigenvalue weighted by Gasteiger charge is -2.47. The predicted molar refractivity (Wildman–Crippen MR) is 92.9 cm³/mol. The van der Waals surface area contributed by atoms with E-state index in [1.165, 1.54) is 44.6 Å². The zero-order chi connectivity index (χ0) is 14.7. The minimum absolute atomic E-state index is 0.686. The van der Waals surface area contributed by atoms with Crippen LogP contribution in [0.1, 0.15) is 26.2 Å². The minimum Gasteiger partial charge on any atom is -0.384 e. The summed E-state index contributed by atoms with van der Waals surface area (Å²) >= 11 is 3.48. The summed E-state index contributed by atoms with van der Waals surface area (Å²) in [5.74, 6) is 0. The zero-order valence-corrected chi connectivity index (χ0v) is 14.5. The molecule has 21 heavy (non-hydrogen) atoms. The second-order valence-electron chi connectivity index (χ2n) is 6.42. The largest absolute Gasteiger partial charge is 0.384 e. The number of nitrogens with zero attached hydrogens (tertiary/aromatic N) is 2. The van der Waals surface area contributed by atoms with Crippen LogP contribution in [0.4, 0.5) is 5.69 Å². The molecule has 0 bridgehead atoms. The molecule has 1 aromatic rings. The number of hydrogen-bond acceptors (Lipinski definition) is 3.